The molecule has 0 heterocycles. The Morgan fingerprint density at radius 2 is 2.10 bits per heavy atom. The molecule has 0 bridgehead atoms. The van der Waals surface area contributed by atoms with Gasteiger partial charge in [0, 0.05) is 21.8 Å². The Kier molecular flexibility index (Phi) is 4.49. The van der Waals surface area contributed by atoms with E-state index in [0.29, 0.717) is 11.3 Å². The molecule has 2 rings (SSSR count). The Bertz CT molecular complexity index is 653. The number of halogens is 1. The number of rotatable bonds is 5. The number of hydrogen-bond donors (Lipinski definition) is 1. The lowest BCUT2D eigenvalue weighted by Gasteiger charge is -2.39. The Labute approximate surface area is 129 Å². The smallest absolute Gasteiger partial charge is 0.261 e. The molecule has 7 heteroatoms. The van der Waals surface area contributed by atoms with Crippen LogP contribution in [0.25, 0.3) is 0 Å². The summed E-state index contributed by atoms with van der Waals surface area (Å²) in [5.74, 6) is 0.313. The van der Waals surface area contributed by atoms with Crippen molar-refractivity contribution in [3.63, 3.8) is 0 Å². The third-order valence-electron chi connectivity index (χ3n) is 3.78. The Hall–Kier alpha value is -1.27. The second-order valence-corrected chi connectivity index (χ2v) is 8.12. The molecule has 0 aromatic heterocycles. The monoisotopic (exact) mass is 331 g/mol. The standard InChI is InChI=1S/C14H18ClNO4S/c1-14(6-3-7-14)16-13(17)9-10-8-11(21(15,18)19)4-5-12(10)20-2/h4-5,8H,3,6-7,9H2,1-2H3,(H,16,17). The number of hydrogen-bond acceptors (Lipinski definition) is 4. The highest BCUT2D eigenvalue weighted by molar-refractivity contribution is 8.13. The van der Waals surface area contributed by atoms with Gasteiger partial charge in [-0.1, -0.05) is 0 Å². The molecule has 116 valence electrons. The quantitative estimate of drug-likeness (QED) is 0.840. The number of carbonyl (C=O) groups excluding carboxylic acids is 1. The fraction of sp³-hybridized carbons (Fsp3) is 0.500. The minimum Gasteiger partial charge on any atom is -0.496 e. The van der Waals surface area contributed by atoms with E-state index in [1.54, 1.807) is 0 Å². The fourth-order valence-corrected chi connectivity index (χ4v) is 3.23. The number of ether oxygens (including phenoxy) is 1. The van der Waals surface area contributed by atoms with Crippen molar-refractivity contribution in [3.05, 3.63) is 23.8 Å². The molecule has 1 aliphatic carbocycles. The molecule has 1 amide bonds. The summed E-state index contributed by atoms with van der Waals surface area (Å²) in [6, 6.07) is 4.24. The lowest BCUT2D eigenvalue weighted by Crippen LogP contribution is -2.51. The molecule has 1 fully saturated rings. The van der Waals surface area contributed by atoms with Gasteiger partial charge in [-0.15, -0.1) is 0 Å². The Morgan fingerprint density at radius 1 is 1.43 bits per heavy atom. The lowest BCUT2D eigenvalue weighted by atomic mass is 9.78. The third-order valence-corrected chi connectivity index (χ3v) is 5.13. The van der Waals surface area contributed by atoms with Crippen molar-refractivity contribution >= 4 is 25.6 Å². The molecule has 1 aromatic carbocycles. The van der Waals surface area contributed by atoms with E-state index in [-0.39, 0.29) is 22.8 Å². The molecular weight excluding hydrogens is 314 g/mol. The summed E-state index contributed by atoms with van der Waals surface area (Å²) >= 11 is 0. The van der Waals surface area contributed by atoms with Crippen LogP contribution in [-0.2, 0) is 20.3 Å². The van der Waals surface area contributed by atoms with Crippen LogP contribution < -0.4 is 10.1 Å². The van der Waals surface area contributed by atoms with Gasteiger partial charge in [-0.25, -0.2) is 8.42 Å². The zero-order chi connectivity index (χ0) is 15.7. The van der Waals surface area contributed by atoms with Crippen LogP contribution in [0.4, 0.5) is 0 Å². The first-order chi connectivity index (χ1) is 9.73. The fourth-order valence-electron chi connectivity index (χ4n) is 2.43. The molecular formula is C14H18ClNO4S. The number of amides is 1. The van der Waals surface area contributed by atoms with Crippen LogP contribution in [0, 0.1) is 0 Å². The molecule has 0 atom stereocenters. The molecule has 0 unspecified atom stereocenters. The van der Waals surface area contributed by atoms with Crippen molar-refractivity contribution in [2.75, 3.05) is 7.11 Å². The van der Waals surface area contributed by atoms with Crippen LogP contribution in [0.2, 0.25) is 0 Å². The molecule has 1 aromatic rings. The van der Waals surface area contributed by atoms with Crippen LogP contribution in [0.15, 0.2) is 23.1 Å². The van der Waals surface area contributed by atoms with Gasteiger partial charge in [0.1, 0.15) is 5.75 Å². The maximum Gasteiger partial charge on any atom is 0.261 e. The van der Waals surface area contributed by atoms with Crippen molar-refractivity contribution in [1.82, 2.24) is 5.32 Å². The summed E-state index contributed by atoms with van der Waals surface area (Å²) in [5, 5.41) is 2.97. The predicted molar refractivity (Wildman–Crippen MR) is 80.1 cm³/mol. The summed E-state index contributed by atoms with van der Waals surface area (Å²) < 4.78 is 27.9. The maximum absolute atomic E-state index is 12.1. The van der Waals surface area contributed by atoms with E-state index >= 15 is 0 Å². The SMILES string of the molecule is COc1ccc(S(=O)(=O)Cl)cc1CC(=O)NC1(C)CCC1. The lowest BCUT2D eigenvalue weighted by molar-refractivity contribution is -0.123. The molecule has 1 saturated carbocycles. The zero-order valence-corrected chi connectivity index (χ0v) is 13.6. The van der Waals surface area contributed by atoms with Crippen molar-refractivity contribution < 1.29 is 17.9 Å². The first kappa shape index (κ1) is 16.1. The van der Waals surface area contributed by atoms with E-state index in [1.807, 2.05) is 6.92 Å². The van der Waals surface area contributed by atoms with Gasteiger partial charge in [0.05, 0.1) is 18.4 Å². The number of nitrogens with one attached hydrogen (secondary N) is 1. The highest BCUT2D eigenvalue weighted by atomic mass is 35.7. The number of benzene rings is 1. The Morgan fingerprint density at radius 3 is 2.57 bits per heavy atom. The summed E-state index contributed by atoms with van der Waals surface area (Å²) in [6.45, 7) is 2.01. The van der Waals surface area contributed by atoms with Gasteiger partial charge in [0.25, 0.3) is 9.05 Å². The van der Waals surface area contributed by atoms with Crippen molar-refractivity contribution in [1.29, 1.82) is 0 Å². The van der Waals surface area contributed by atoms with Crippen molar-refractivity contribution in [2.45, 2.75) is 43.0 Å². The van der Waals surface area contributed by atoms with Gasteiger partial charge in [-0.2, -0.15) is 0 Å². The molecule has 1 aliphatic rings. The second kappa shape index (κ2) is 5.85. The minimum absolute atomic E-state index is 0.0392. The summed E-state index contributed by atoms with van der Waals surface area (Å²) in [5.41, 5.74) is 0.361. The van der Waals surface area contributed by atoms with Gasteiger partial charge >= 0.3 is 0 Å². The van der Waals surface area contributed by atoms with E-state index in [4.69, 9.17) is 15.4 Å². The van der Waals surface area contributed by atoms with E-state index in [1.165, 1.54) is 25.3 Å². The Balaban J connectivity index is 2.19. The average Bonchev–Trinajstić information content (AvgIpc) is 2.35. The summed E-state index contributed by atoms with van der Waals surface area (Å²) in [6.07, 6.45) is 3.09. The zero-order valence-electron chi connectivity index (χ0n) is 12.0. The summed E-state index contributed by atoms with van der Waals surface area (Å²) in [4.78, 5) is 12.1. The molecule has 5 nitrogen and oxygen atoms in total. The van der Waals surface area contributed by atoms with Crippen LogP contribution in [0.3, 0.4) is 0 Å². The van der Waals surface area contributed by atoms with Gasteiger partial charge in [-0.05, 0) is 44.4 Å². The first-order valence-corrected chi connectivity index (χ1v) is 8.97. The van der Waals surface area contributed by atoms with Crippen LogP contribution in [0.5, 0.6) is 5.75 Å². The predicted octanol–water partition coefficient (Wildman–Crippen LogP) is 2.22. The van der Waals surface area contributed by atoms with Crippen LogP contribution in [-0.4, -0.2) is 27.0 Å². The van der Waals surface area contributed by atoms with Gasteiger partial charge < -0.3 is 10.1 Å². The minimum atomic E-state index is -3.83. The molecule has 21 heavy (non-hydrogen) atoms. The van der Waals surface area contributed by atoms with Gasteiger partial charge in [0.2, 0.25) is 5.91 Å². The summed E-state index contributed by atoms with van der Waals surface area (Å²) in [7, 11) is 2.97. The average molecular weight is 332 g/mol. The van der Waals surface area contributed by atoms with Crippen LogP contribution in [0.1, 0.15) is 31.7 Å². The molecule has 0 radical (unpaired) electrons. The largest absolute Gasteiger partial charge is 0.496 e. The maximum atomic E-state index is 12.1. The van der Waals surface area contributed by atoms with Gasteiger partial charge in [-0.3, -0.25) is 4.79 Å². The van der Waals surface area contributed by atoms with Crippen molar-refractivity contribution in [2.24, 2.45) is 0 Å². The molecule has 0 aliphatic heterocycles. The molecule has 0 spiro atoms. The van der Waals surface area contributed by atoms with E-state index < -0.39 is 9.05 Å². The highest BCUT2D eigenvalue weighted by Gasteiger charge is 2.33. The topological polar surface area (TPSA) is 72.5 Å². The van der Waals surface area contributed by atoms with Gasteiger partial charge in [0.15, 0.2) is 0 Å². The normalized spacial score (nSPS) is 16.9. The van der Waals surface area contributed by atoms with Crippen molar-refractivity contribution in [3.8, 4) is 5.75 Å². The third kappa shape index (κ3) is 3.89. The van der Waals surface area contributed by atoms with Crippen LogP contribution >= 0.6 is 10.7 Å². The highest BCUT2D eigenvalue weighted by Crippen LogP contribution is 2.31. The van der Waals surface area contributed by atoms with E-state index in [0.717, 1.165) is 19.3 Å². The number of methoxy groups -OCH3 is 1. The van der Waals surface area contributed by atoms with E-state index in [9.17, 15) is 13.2 Å². The van der Waals surface area contributed by atoms with E-state index in [2.05, 4.69) is 5.32 Å². The second-order valence-electron chi connectivity index (χ2n) is 5.55. The molecule has 0 saturated heterocycles. The number of carbonyl (C=O) groups is 1. The molecule has 1 N–H and O–H groups in total. The first-order valence-electron chi connectivity index (χ1n) is 6.66.